The zero-order valence-electron chi connectivity index (χ0n) is 12.0. The van der Waals surface area contributed by atoms with E-state index in [9.17, 15) is 4.79 Å². The molecule has 0 N–H and O–H groups in total. The number of carbonyl (C=O) groups is 1. The third kappa shape index (κ3) is 3.14. The number of rotatable bonds is 5. The van der Waals surface area contributed by atoms with E-state index >= 15 is 0 Å². The van der Waals surface area contributed by atoms with Gasteiger partial charge in [0.05, 0.1) is 10.9 Å². The quantitative estimate of drug-likeness (QED) is 0.847. The first-order valence-corrected chi connectivity index (χ1v) is 9.05. The molecule has 0 unspecified atom stereocenters. The van der Waals surface area contributed by atoms with Crippen molar-refractivity contribution < 1.29 is 4.79 Å². The van der Waals surface area contributed by atoms with Gasteiger partial charge in [-0.15, -0.1) is 23.1 Å². The number of thiazole rings is 1. The Kier molecular flexibility index (Phi) is 4.60. The molecule has 0 bridgehead atoms. The van der Waals surface area contributed by atoms with Crippen LogP contribution < -0.4 is 0 Å². The summed E-state index contributed by atoms with van der Waals surface area (Å²) in [5.41, 5.74) is 1.19. The maximum absolute atomic E-state index is 12.8. The van der Waals surface area contributed by atoms with Gasteiger partial charge in [-0.05, 0) is 18.6 Å². The van der Waals surface area contributed by atoms with Crippen LogP contribution >= 0.6 is 23.1 Å². The van der Waals surface area contributed by atoms with Gasteiger partial charge in [0.1, 0.15) is 0 Å². The second-order valence-corrected chi connectivity index (χ2v) is 7.04. The minimum absolute atomic E-state index is 0.0162. The number of likely N-dealkylation sites (N-methyl/N-ethyl adjacent to an activating group) is 1. The molecular weight excluding hydrogens is 300 g/mol. The molecule has 1 aromatic heterocycles. The lowest BCUT2D eigenvalue weighted by Crippen LogP contribution is -2.36. The lowest BCUT2D eigenvalue weighted by atomic mass is 10.00. The maximum atomic E-state index is 12.8. The second-order valence-electron chi connectivity index (χ2n) is 5.00. The van der Waals surface area contributed by atoms with Crippen molar-refractivity contribution in [1.29, 1.82) is 0 Å². The van der Waals surface area contributed by atoms with Gasteiger partial charge in [0.25, 0.3) is 0 Å². The van der Waals surface area contributed by atoms with Crippen molar-refractivity contribution in [2.75, 3.05) is 18.8 Å². The van der Waals surface area contributed by atoms with Crippen molar-refractivity contribution in [2.45, 2.75) is 24.2 Å². The molecule has 5 heteroatoms. The molecule has 3 nitrogen and oxygen atoms in total. The smallest absolute Gasteiger partial charge is 0.231 e. The lowest BCUT2D eigenvalue weighted by molar-refractivity contribution is -0.132. The van der Waals surface area contributed by atoms with Gasteiger partial charge < -0.3 is 4.90 Å². The lowest BCUT2D eigenvalue weighted by Gasteiger charge is -2.24. The minimum Gasteiger partial charge on any atom is -0.342 e. The molecule has 110 valence electrons. The molecule has 1 aliphatic heterocycles. The van der Waals surface area contributed by atoms with Gasteiger partial charge in [-0.3, -0.25) is 4.79 Å². The van der Waals surface area contributed by atoms with Crippen LogP contribution in [-0.2, 0) is 11.2 Å². The number of nitrogens with zero attached hydrogens (tertiary/aromatic N) is 2. The molecule has 1 aliphatic rings. The molecule has 1 atom stereocenters. The van der Waals surface area contributed by atoms with E-state index < -0.39 is 0 Å². The van der Waals surface area contributed by atoms with Crippen molar-refractivity contribution in [3.8, 4) is 0 Å². The molecule has 1 aromatic carbocycles. The predicted octanol–water partition coefficient (Wildman–Crippen LogP) is 3.42. The fourth-order valence-electron chi connectivity index (χ4n) is 2.62. The van der Waals surface area contributed by atoms with Crippen LogP contribution in [-0.4, -0.2) is 34.6 Å². The van der Waals surface area contributed by atoms with Gasteiger partial charge in [-0.1, -0.05) is 18.2 Å². The molecular formula is C16H18N2OS2. The van der Waals surface area contributed by atoms with Gasteiger partial charge in [-0.2, -0.15) is 0 Å². The average Bonchev–Trinajstić information content (AvgIpc) is 3.17. The highest BCUT2D eigenvalue weighted by Gasteiger charge is 2.31. The second kappa shape index (κ2) is 6.62. The fraction of sp³-hybridized carbons (Fsp3) is 0.375. The zero-order valence-corrected chi connectivity index (χ0v) is 13.6. The van der Waals surface area contributed by atoms with Crippen LogP contribution in [0.25, 0.3) is 0 Å². The van der Waals surface area contributed by atoms with Crippen LogP contribution in [0, 0.1) is 0 Å². The summed E-state index contributed by atoms with van der Waals surface area (Å²) in [4.78, 5) is 20.3. The molecule has 0 saturated carbocycles. The first kappa shape index (κ1) is 14.6. The molecule has 3 rings (SSSR count). The Morgan fingerprint density at radius 3 is 3.05 bits per heavy atom. The highest BCUT2D eigenvalue weighted by Crippen LogP contribution is 2.40. The summed E-state index contributed by atoms with van der Waals surface area (Å²) in [5, 5.41) is 3.08. The number of fused-ring (bicyclic) bond motifs is 1. The maximum Gasteiger partial charge on any atom is 0.231 e. The molecule has 1 amide bonds. The number of benzene rings is 1. The van der Waals surface area contributed by atoms with Crippen LogP contribution in [0.5, 0.6) is 0 Å². The molecule has 2 heterocycles. The standard InChI is InChI=1S/C16H18N2OS2/c1-2-18(9-7-15-17-8-10-20-15)16(19)13-11-21-14-6-4-3-5-12(13)14/h3-6,8,10,13H,2,7,9,11H2,1H3/t13-/m0/s1. The first-order chi connectivity index (χ1) is 10.3. The minimum atomic E-state index is 0.0162. The molecule has 0 fully saturated rings. The summed E-state index contributed by atoms with van der Waals surface area (Å²) in [5.74, 6) is 1.14. The average molecular weight is 318 g/mol. The van der Waals surface area contributed by atoms with E-state index in [0.29, 0.717) is 0 Å². The largest absolute Gasteiger partial charge is 0.342 e. The molecule has 0 aliphatic carbocycles. The summed E-state index contributed by atoms with van der Waals surface area (Å²) in [6, 6.07) is 8.27. The molecule has 0 spiro atoms. The summed E-state index contributed by atoms with van der Waals surface area (Å²) >= 11 is 3.44. The summed E-state index contributed by atoms with van der Waals surface area (Å²) in [7, 11) is 0. The zero-order chi connectivity index (χ0) is 14.7. The van der Waals surface area contributed by atoms with Crippen molar-refractivity contribution in [1.82, 2.24) is 9.88 Å². The monoisotopic (exact) mass is 318 g/mol. The number of aromatic nitrogens is 1. The van der Waals surface area contributed by atoms with Gasteiger partial charge in [0.2, 0.25) is 5.91 Å². The number of carbonyl (C=O) groups excluding carboxylic acids is 1. The van der Waals surface area contributed by atoms with Gasteiger partial charge in [0.15, 0.2) is 0 Å². The Bertz CT molecular complexity index is 612. The normalized spacial score (nSPS) is 16.7. The van der Waals surface area contributed by atoms with Crippen molar-refractivity contribution >= 4 is 29.0 Å². The number of amides is 1. The van der Waals surface area contributed by atoms with Crippen LogP contribution in [0.3, 0.4) is 0 Å². The predicted molar refractivity (Wildman–Crippen MR) is 88.0 cm³/mol. The number of thioether (sulfide) groups is 1. The van der Waals surface area contributed by atoms with Crippen molar-refractivity contribution in [3.05, 3.63) is 46.4 Å². The van der Waals surface area contributed by atoms with E-state index in [1.807, 2.05) is 35.5 Å². The highest BCUT2D eigenvalue weighted by atomic mass is 32.2. The highest BCUT2D eigenvalue weighted by molar-refractivity contribution is 7.99. The van der Waals surface area contributed by atoms with E-state index in [-0.39, 0.29) is 11.8 Å². The number of hydrogen-bond acceptors (Lipinski definition) is 4. The SMILES string of the molecule is CCN(CCc1nccs1)C(=O)[C@H]1CSc2ccccc21. The molecule has 2 aromatic rings. The molecule has 21 heavy (non-hydrogen) atoms. The van der Waals surface area contributed by atoms with Gasteiger partial charge in [-0.25, -0.2) is 4.98 Å². The Morgan fingerprint density at radius 2 is 2.29 bits per heavy atom. The van der Waals surface area contributed by atoms with E-state index in [2.05, 4.69) is 17.1 Å². The van der Waals surface area contributed by atoms with Gasteiger partial charge in [0, 0.05) is 41.7 Å². The Balaban J connectivity index is 1.68. The fourth-order valence-corrected chi connectivity index (χ4v) is 4.45. The third-order valence-electron chi connectivity index (χ3n) is 3.77. The summed E-state index contributed by atoms with van der Waals surface area (Å²) in [6.45, 7) is 3.56. The van der Waals surface area contributed by atoms with Crippen molar-refractivity contribution in [2.24, 2.45) is 0 Å². The van der Waals surface area contributed by atoms with Crippen LogP contribution in [0.2, 0.25) is 0 Å². The Labute approximate surface area is 133 Å². The van der Waals surface area contributed by atoms with E-state index in [1.54, 1.807) is 23.1 Å². The summed E-state index contributed by atoms with van der Waals surface area (Å²) in [6.07, 6.45) is 2.67. The Hall–Kier alpha value is -1.33. The Morgan fingerprint density at radius 1 is 1.43 bits per heavy atom. The van der Waals surface area contributed by atoms with E-state index in [4.69, 9.17) is 0 Å². The third-order valence-corrected chi connectivity index (χ3v) is 5.79. The van der Waals surface area contributed by atoms with Crippen LogP contribution in [0.1, 0.15) is 23.4 Å². The topological polar surface area (TPSA) is 33.2 Å². The van der Waals surface area contributed by atoms with E-state index in [1.165, 1.54) is 10.5 Å². The van der Waals surface area contributed by atoms with Crippen LogP contribution in [0.4, 0.5) is 0 Å². The van der Waals surface area contributed by atoms with Crippen molar-refractivity contribution in [3.63, 3.8) is 0 Å². The van der Waals surface area contributed by atoms with Crippen LogP contribution in [0.15, 0.2) is 40.7 Å². The first-order valence-electron chi connectivity index (χ1n) is 7.18. The summed E-state index contributed by atoms with van der Waals surface area (Å²) < 4.78 is 0. The van der Waals surface area contributed by atoms with E-state index in [0.717, 1.165) is 30.3 Å². The van der Waals surface area contributed by atoms with Gasteiger partial charge >= 0.3 is 0 Å². The molecule has 0 saturated heterocycles. The number of hydrogen-bond donors (Lipinski definition) is 0. The molecule has 0 radical (unpaired) electrons.